The highest BCUT2D eigenvalue weighted by molar-refractivity contribution is 6.09. The standard InChI is InChI=1S/C20H23NO4/c1-12-11-25-16(9-17(22)23)18(12)19(24)21-10-14(20(2,3)4)13-7-5-6-8-15(13)21/h5-8,11,14H,9-10H2,1-4H3,(H,22,23). The number of amides is 1. The molecular weight excluding hydrogens is 318 g/mol. The van der Waals surface area contributed by atoms with E-state index in [2.05, 4.69) is 26.8 Å². The van der Waals surface area contributed by atoms with Crippen LogP contribution in [0.15, 0.2) is 34.9 Å². The van der Waals surface area contributed by atoms with E-state index in [9.17, 15) is 9.59 Å². The Kier molecular flexibility index (Phi) is 4.19. The first-order valence-corrected chi connectivity index (χ1v) is 8.39. The third kappa shape index (κ3) is 3.06. The van der Waals surface area contributed by atoms with E-state index in [1.54, 1.807) is 11.8 Å². The second-order valence-electron chi connectivity index (χ2n) is 7.68. The van der Waals surface area contributed by atoms with Gasteiger partial charge in [0.05, 0.1) is 11.8 Å². The molecule has 25 heavy (non-hydrogen) atoms. The molecule has 1 atom stereocenters. The summed E-state index contributed by atoms with van der Waals surface area (Å²) >= 11 is 0. The number of rotatable bonds is 3. The van der Waals surface area contributed by atoms with E-state index in [0.717, 1.165) is 11.3 Å². The van der Waals surface area contributed by atoms with E-state index in [4.69, 9.17) is 9.52 Å². The quantitative estimate of drug-likeness (QED) is 0.916. The van der Waals surface area contributed by atoms with Crippen molar-refractivity contribution in [3.63, 3.8) is 0 Å². The first-order chi connectivity index (χ1) is 11.7. The fourth-order valence-electron chi connectivity index (χ4n) is 3.53. The monoisotopic (exact) mass is 341 g/mol. The molecule has 132 valence electrons. The Morgan fingerprint density at radius 1 is 1.28 bits per heavy atom. The Labute approximate surface area is 147 Å². The van der Waals surface area contributed by atoms with Crippen molar-refractivity contribution in [2.24, 2.45) is 5.41 Å². The molecule has 0 saturated heterocycles. The second-order valence-corrected chi connectivity index (χ2v) is 7.68. The highest BCUT2D eigenvalue weighted by atomic mass is 16.4. The number of carbonyl (C=O) groups excluding carboxylic acids is 1. The Morgan fingerprint density at radius 2 is 1.96 bits per heavy atom. The Bertz CT molecular complexity index is 828. The number of fused-ring (bicyclic) bond motifs is 1. The molecule has 0 spiro atoms. The average molecular weight is 341 g/mol. The number of benzene rings is 1. The predicted molar refractivity (Wildman–Crippen MR) is 95.1 cm³/mol. The molecule has 1 N–H and O–H groups in total. The Morgan fingerprint density at radius 3 is 2.60 bits per heavy atom. The third-order valence-electron chi connectivity index (χ3n) is 4.84. The molecule has 5 nitrogen and oxygen atoms in total. The molecule has 0 saturated carbocycles. The van der Waals surface area contributed by atoms with Crippen LogP contribution >= 0.6 is 0 Å². The summed E-state index contributed by atoms with van der Waals surface area (Å²) in [6, 6.07) is 7.93. The smallest absolute Gasteiger partial charge is 0.311 e. The van der Waals surface area contributed by atoms with Crippen LogP contribution in [0.25, 0.3) is 0 Å². The maximum atomic E-state index is 13.2. The number of aliphatic carboxylic acids is 1. The van der Waals surface area contributed by atoms with Crippen LogP contribution in [0.4, 0.5) is 5.69 Å². The van der Waals surface area contributed by atoms with Gasteiger partial charge < -0.3 is 14.4 Å². The zero-order valence-corrected chi connectivity index (χ0v) is 15.0. The van der Waals surface area contributed by atoms with Crippen molar-refractivity contribution in [1.82, 2.24) is 0 Å². The lowest BCUT2D eigenvalue weighted by atomic mass is 9.78. The maximum Gasteiger partial charge on any atom is 0.311 e. The van der Waals surface area contributed by atoms with Crippen molar-refractivity contribution in [1.29, 1.82) is 0 Å². The summed E-state index contributed by atoms with van der Waals surface area (Å²) in [4.78, 5) is 26.1. The number of hydrogen-bond acceptors (Lipinski definition) is 3. The van der Waals surface area contributed by atoms with Gasteiger partial charge in [-0.1, -0.05) is 39.0 Å². The Hall–Kier alpha value is -2.56. The summed E-state index contributed by atoms with van der Waals surface area (Å²) in [6.07, 6.45) is 1.15. The van der Waals surface area contributed by atoms with Gasteiger partial charge in [0.1, 0.15) is 12.2 Å². The minimum Gasteiger partial charge on any atom is -0.481 e. The van der Waals surface area contributed by atoms with Gasteiger partial charge in [-0.15, -0.1) is 0 Å². The lowest BCUT2D eigenvalue weighted by molar-refractivity contribution is -0.136. The topological polar surface area (TPSA) is 70.7 Å². The molecule has 1 amide bonds. The molecule has 0 radical (unpaired) electrons. The van der Waals surface area contributed by atoms with Crippen LogP contribution in [0.2, 0.25) is 0 Å². The van der Waals surface area contributed by atoms with Crippen LogP contribution in [0.3, 0.4) is 0 Å². The predicted octanol–water partition coefficient (Wildman–Crippen LogP) is 4.01. The molecule has 0 bridgehead atoms. The average Bonchev–Trinajstić information content (AvgIpc) is 3.07. The highest BCUT2D eigenvalue weighted by Gasteiger charge is 2.39. The van der Waals surface area contributed by atoms with Crippen molar-refractivity contribution in [2.75, 3.05) is 11.4 Å². The minimum absolute atomic E-state index is 0.0144. The summed E-state index contributed by atoms with van der Waals surface area (Å²) in [6.45, 7) is 8.86. The lowest BCUT2D eigenvalue weighted by Gasteiger charge is -2.27. The van der Waals surface area contributed by atoms with E-state index >= 15 is 0 Å². The SMILES string of the molecule is Cc1coc(CC(=O)O)c1C(=O)N1CC(C(C)(C)C)c2ccccc21. The van der Waals surface area contributed by atoms with Crippen LogP contribution < -0.4 is 4.90 Å². The highest BCUT2D eigenvalue weighted by Crippen LogP contribution is 2.46. The number of nitrogens with zero attached hydrogens (tertiary/aromatic N) is 1. The summed E-state index contributed by atoms with van der Waals surface area (Å²) in [5.41, 5.74) is 3.10. The van der Waals surface area contributed by atoms with Crippen LogP contribution in [0.1, 0.15) is 53.9 Å². The van der Waals surface area contributed by atoms with Crippen LogP contribution in [0, 0.1) is 12.3 Å². The molecular formula is C20H23NO4. The molecule has 2 aromatic rings. The molecule has 1 aromatic carbocycles. The molecule has 1 aliphatic rings. The first kappa shape index (κ1) is 17.3. The number of hydrogen-bond donors (Lipinski definition) is 1. The molecule has 1 aromatic heterocycles. The number of furan rings is 1. The lowest BCUT2D eigenvalue weighted by Crippen LogP contribution is -2.33. The van der Waals surface area contributed by atoms with Crippen molar-refractivity contribution >= 4 is 17.6 Å². The zero-order chi connectivity index (χ0) is 18.4. The van der Waals surface area contributed by atoms with Gasteiger partial charge in [0, 0.05) is 23.7 Å². The number of carboxylic acids is 1. The van der Waals surface area contributed by atoms with Gasteiger partial charge in [0.25, 0.3) is 5.91 Å². The van der Waals surface area contributed by atoms with E-state index in [-0.39, 0.29) is 29.4 Å². The van der Waals surface area contributed by atoms with Crippen molar-refractivity contribution in [3.8, 4) is 0 Å². The fraction of sp³-hybridized carbons (Fsp3) is 0.400. The zero-order valence-electron chi connectivity index (χ0n) is 15.0. The number of carbonyl (C=O) groups is 2. The van der Waals surface area contributed by atoms with E-state index in [0.29, 0.717) is 17.7 Å². The number of carboxylic acid groups (broad SMARTS) is 1. The molecule has 3 rings (SSSR count). The van der Waals surface area contributed by atoms with E-state index in [1.165, 1.54) is 6.26 Å². The molecule has 1 aliphatic heterocycles. The van der Waals surface area contributed by atoms with Gasteiger partial charge in [-0.3, -0.25) is 9.59 Å². The first-order valence-electron chi connectivity index (χ1n) is 8.39. The van der Waals surface area contributed by atoms with E-state index < -0.39 is 5.97 Å². The molecule has 0 fully saturated rings. The third-order valence-corrected chi connectivity index (χ3v) is 4.84. The fourth-order valence-corrected chi connectivity index (χ4v) is 3.53. The maximum absolute atomic E-state index is 13.2. The molecule has 5 heteroatoms. The van der Waals surface area contributed by atoms with Gasteiger partial charge in [-0.2, -0.15) is 0 Å². The Balaban J connectivity index is 2.02. The molecule has 0 aliphatic carbocycles. The van der Waals surface area contributed by atoms with Crippen molar-refractivity contribution in [3.05, 3.63) is 53.0 Å². The van der Waals surface area contributed by atoms with Crippen LogP contribution in [-0.2, 0) is 11.2 Å². The van der Waals surface area contributed by atoms with Gasteiger partial charge in [-0.25, -0.2) is 0 Å². The van der Waals surface area contributed by atoms with Gasteiger partial charge in [0.15, 0.2) is 0 Å². The summed E-state index contributed by atoms with van der Waals surface area (Å²) in [5, 5.41) is 9.07. The largest absolute Gasteiger partial charge is 0.481 e. The second kappa shape index (κ2) is 6.06. The van der Waals surface area contributed by atoms with Crippen molar-refractivity contribution in [2.45, 2.75) is 40.0 Å². The molecule has 1 unspecified atom stereocenters. The van der Waals surface area contributed by atoms with E-state index in [1.807, 2.05) is 18.2 Å². The van der Waals surface area contributed by atoms with Crippen LogP contribution in [-0.4, -0.2) is 23.5 Å². The number of aryl methyl sites for hydroxylation is 1. The minimum atomic E-state index is -1.02. The number of anilines is 1. The summed E-state index contributed by atoms with van der Waals surface area (Å²) in [5.74, 6) is -0.769. The van der Waals surface area contributed by atoms with Crippen molar-refractivity contribution < 1.29 is 19.1 Å². The normalized spacial score (nSPS) is 16.8. The number of para-hydroxylation sites is 1. The molecule has 2 heterocycles. The summed E-state index contributed by atoms with van der Waals surface area (Å²) in [7, 11) is 0. The van der Waals surface area contributed by atoms with Gasteiger partial charge in [0.2, 0.25) is 0 Å². The van der Waals surface area contributed by atoms with Gasteiger partial charge >= 0.3 is 5.97 Å². The van der Waals surface area contributed by atoms with Crippen LogP contribution in [0.5, 0.6) is 0 Å². The summed E-state index contributed by atoms with van der Waals surface area (Å²) < 4.78 is 5.34. The van der Waals surface area contributed by atoms with Gasteiger partial charge in [-0.05, 0) is 24.0 Å².